The Morgan fingerprint density at radius 2 is 1.81 bits per heavy atom. The van der Waals surface area contributed by atoms with Gasteiger partial charge in [0.15, 0.2) is 11.5 Å². The van der Waals surface area contributed by atoms with Gasteiger partial charge >= 0.3 is 0 Å². The molecule has 27 heavy (non-hydrogen) atoms. The van der Waals surface area contributed by atoms with E-state index >= 15 is 0 Å². The number of carbonyl (C=O) groups is 1. The molecule has 0 aliphatic carbocycles. The molecule has 3 aromatic rings. The number of hydrogen-bond donors (Lipinski definition) is 1. The number of aryl methyl sites for hydroxylation is 1. The molecule has 7 nitrogen and oxygen atoms in total. The second-order valence-corrected chi connectivity index (χ2v) is 6.57. The van der Waals surface area contributed by atoms with Crippen molar-refractivity contribution < 1.29 is 18.7 Å². The van der Waals surface area contributed by atoms with Gasteiger partial charge in [-0.3, -0.25) is 4.79 Å². The fraction of sp³-hybridized carbons (Fsp3) is 0.211. The number of ether oxygens (including phenoxy) is 2. The molecule has 1 aromatic heterocycles. The number of anilines is 1. The third kappa shape index (κ3) is 4.79. The molecule has 0 bridgehead atoms. The van der Waals surface area contributed by atoms with Gasteiger partial charge in [0.1, 0.15) is 0 Å². The lowest BCUT2D eigenvalue weighted by molar-refractivity contribution is -0.113. The summed E-state index contributed by atoms with van der Waals surface area (Å²) in [4.78, 5) is 12.0. The van der Waals surface area contributed by atoms with Crippen LogP contribution in [0.1, 0.15) is 5.56 Å². The molecule has 0 saturated carbocycles. The van der Waals surface area contributed by atoms with Crippen molar-refractivity contribution in [3.8, 4) is 23.0 Å². The SMILES string of the molecule is COc1ccc(-c2nnc(SCC(=O)Nc3ccc(C)cc3)o2)cc1OC. The number of methoxy groups -OCH3 is 2. The van der Waals surface area contributed by atoms with E-state index < -0.39 is 0 Å². The van der Waals surface area contributed by atoms with E-state index in [-0.39, 0.29) is 11.7 Å². The van der Waals surface area contributed by atoms with E-state index in [9.17, 15) is 4.79 Å². The first-order chi connectivity index (χ1) is 13.1. The molecule has 0 spiro atoms. The molecule has 1 heterocycles. The lowest BCUT2D eigenvalue weighted by Crippen LogP contribution is -2.13. The fourth-order valence-corrected chi connectivity index (χ4v) is 2.88. The zero-order valence-electron chi connectivity index (χ0n) is 15.2. The third-order valence-corrected chi connectivity index (χ3v) is 4.52. The average molecular weight is 385 g/mol. The van der Waals surface area contributed by atoms with Gasteiger partial charge in [0.25, 0.3) is 5.22 Å². The highest BCUT2D eigenvalue weighted by Crippen LogP contribution is 2.32. The van der Waals surface area contributed by atoms with Crippen molar-refractivity contribution in [1.82, 2.24) is 10.2 Å². The van der Waals surface area contributed by atoms with Crippen molar-refractivity contribution in [3.05, 3.63) is 48.0 Å². The Balaban J connectivity index is 1.61. The standard InChI is InChI=1S/C19H19N3O4S/c1-12-4-7-14(8-5-12)20-17(23)11-27-19-22-21-18(26-19)13-6-9-15(24-2)16(10-13)25-3/h4-10H,11H2,1-3H3,(H,20,23). The maximum atomic E-state index is 12.0. The molecule has 0 unspecified atom stereocenters. The van der Waals surface area contributed by atoms with Crippen LogP contribution in [0.2, 0.25) is 0 Å². The fourth-order valence-electron chi connectivity index (χ4n) is 2.32. The van der Waals surface area contributed by atoms with E-state index in [1.165, 1.54) is 11.8 Å². The number of nitrogens with one attached hydrogen (secondary N) is 1. The molecule has 0 saturated heterocycles. The van der Waals surface area contributed by atoms with E-state index in [1.807, 2.05) is 31.2 Å². The Bertz CT molecular complexity index is 925. The van der Waals surface area contributed by atoms with Crippen molar-refractivity contribution in [2.75, 3.05) is 25.3 Å². The molecule has 8 heteroatoms. The highest BCUT2D eigenvalue weighted by molar-refractivity contribution is 7.99. The number of aromatic nitrogens is 2. The highest BCUT2D eigenvalue weighted by atomic mass is 32.2. The summed E-state index contributed by atoms with van der Waals surface area (Å²) in [6.07, 6.45) is 0. The second kappa shape index (κ2) is 8.59. The van der Waals surface area contributed by atoms with Crippen LogP contribution in [0.15, 0.2) is 52.1 Å². The van der Waals surface area contributed by atoms with Gasteiger partial charge in [-0.2, -0.15) is 0 Å². The monoisotopic (exact) mass is 385 g/mol. The topological polar surface area (TPSA) is 86.5 Å². The summed E-state index contributed by atoms with van der Waals surface area (Å²) < 4.78 is 16.1. The quantitative estimate of drug-likeness (QED) is 0.619. The van der Waals surface area contributed by atoms with Gasteiger partial charge in [-0.15, -0.1) is 10.2 Å². The van der Waals surface area contributed by atoms with Gasteiger partial charge < -0.3 is 19.2 Å². The zero-order chi connectivity index (χ0) is 19.2. The van der Waals surface area contributed by atoms with Crippen LogP contribution in [-0.4, -0.2) is 36.1 Å². The maximum absolute atomic E-state index is 12.0. The third-order valence-electron chi connectivity index (χ3n) is 3.70. The van der Waals surface area contributed by atoms with Crippen molar-refractivity contribution in [3.63, 3.8) is 0 Å². The number of benzene rings is 2. The Morgan fingerprint density at radius 1 is 1.07 bits per heavy atom. The van der Waals surface area contributed by atoms with Crippen molar-refractivity contribution in [2.24, 2.45) is 0 Å². The lowest BCUT2D eigenvalue weighted by Gasteiger charge is -2.07. The van der Waals surface area contributed by atoms with Gasteiger partial charge in [-0.05, 0) is 37.3 Å². The van der Waals surface area contributed by atoms with E-state index in [0.717, 1.165) is 11.3 Å². The van der Waals surface area contributed by atoms with Crippen LogP contribution in [0.25, 0.3) is 11.5 Å². The number of rotatable bonds is 7. The minimum atomic E-state index is -0.144. The molecule has 0 aliphatic rings. The van der Waals surface area contributed by atoms with Crippen molar-refractivity contribution >= 4 is 23.4 Å². The van der Waals surface area contributed by atoms with Crippen LogP contribution in [0.4, 0.5) is 5.69 Å². The molecule has 3 rings (SSSR count). The Labute approximate surface area is 161 Å². The number of thioether (sulfide) groups is 1. The Kier molecular flexibility index (Phi) is 5.97. The Morgan fingerprint density at radius 3 is 2.52 bits per heavy atom. The average Bonchev–Trinajstić information content (AvgIpc) is 3.16. The molecule has 0 radical (unpaired) electrons. The van der Waals surface area contributed by atoms with Crippen LogP contribution >= 0.6 is 11.8 Å². The summed E-state index contributed by atoms with van der Waals surface area (Å²) in [5.74, 6) is 1.55. The van der Waals surface area contributed by atoms with Gasteiger partial charge in [-0.25, -0.2) is 0 Å². The summed E-state index contributed by atoms with van der Waals surface area (Å²) >= 11 is 1.18. The van der Waals surface area contributed by atoms with Crippen LogP contribution in [-0.2, 0) is 4.79 Å². The molecule has 2 aromatic carbocycles. The molecule has 140 valence electrons. The van der Waals surface area contributed by atoms with Gasteiger partial charge in [-0.1, -0.05) is 29.5 Å². The Hall–Kier alpha value is -3.00. The second-order valence-electron chi connectivity index (χ2n) is 5.65. The maximum Gasteiger partial charge on any atom is 0.277 e. The number of nitrogens with zero attached hydrogens (tertiary/aromatic N) is 2. The van der Waals surface area contributed by atoms with Crippen molar-refractivity contribution in [2.45, 2.75) is 12.1 Å². The summed E-state index contributed by atoms with van der Waals surface area (Å²) in [7, 11) is 3.13. The number of carbonyl (C=O) groups excluding carboxylic acids is 1. The molecular formula is C19H19N3O4S. The zero-order valence-corrected chi connectivity index (χ0v) is 16.0. The van der Waals surface area contributed by atoms with Crippen molar-refractivity contribution in [1.29, 1.82) is 0 Å². The smallest absolute Gasteiger partial charge is 0.277 e. The van der Waals surface area contributed by atoms with Gasteiger partial charge in [0, 0.05) is 11.3 Å². The predicted octanol–water partition coefficient (Wildman–Crippen LogP) is 3.79. The largest absolute Gasteiger partial charge is 0.493 e. The molecule has 1 N–H and O–H groups in total. The first-order valence-electron chi connectivity index (χ1n) is 8.14. The molecular weight excluding hydrogens is 366 g/mol. The van der Waals surface area contributed by atoms with Crippen LogP contribution in [0.3, 0.4) is 0 Å². The van der Waals surface area contributed by atoms with Gasteiger partial charge in [0.2, 0.25) is 11.8 Å². The van der Waals surface area contributed by atoms with Crippen LogP contribution in [0.5, 0.6) is 11.5 Å². The van der Waals surface area contributed by atoms with Crippen LogP contribution in [0, 0.1) is 6.92 Å². The van der Waals surface area contributed by atoms with E-state index in [2.05, 4.69) is 15.5 Å². The first kappa shape index (κ1) is 18.8. The summed E-state index contributed by atoms with van der Waals surface area (Å²) in [6.45, 7) is 1.99. The molecule has 1 amide bonds. The molecule has 0 aliphatic heterocycles. The van der Waals surface area contributed by atoms with E-state index in [1.54, 1.807) is 32.4 Å². The van der Waals surface area contributed by atoms with E-state index in [0.29, 0.717) is 28.2 Å². The predicted molar refractivity (Wildman–Crippen MR) is 103 cm³/mol. The summed E-state index contributed by atoms with van der Waals surface area (Å²) in [5.41, 5.74) is 2.59. The minimum Gasteiger partial charge on any atom is -0.493 e. The normalized spacial score (nSPS) is 10.5. The highest BCUT2D eigenvalue weighted by Gasteiger charge is 2.14. The number of amides is 1. The summed E-state index contributed by atoms with van der Waals surface area (Å²) in [5, 5.41) is 11.1. The number of hydrogen-bond acceptors (Lipinski definition) is 7. The molecule has 0 atom stereocenters. The van der Waals surface area contributed by atoms with Gasteiger partial charge in [0.05, 0.1) is 20.0 Å². The lowest BCUT2D eigenvalue weighted by atomic mass is 10.2. The van der Waals surface area contributed by atoms with Crippen LogP contribution < -0.4 is 14.8 Å². The van der Waals surface area contributed by atoms with E-state index in [4.69, 9.17) is 13.9 Å². The first-order valence-corrected chi connectivity index (χ1v) is 9.13. The summed E-state index contributed by atoms with van der Waals surface area (Å²) in [6, 6.07) is 12.9. The molecule has 0 fully saturated rings. The minimum absolute atomic E-state index is 0.144.